The standard InChI is InChI=1S/C19H25FO/c1-15(12-14-21)7-5-9-17(20)10-11-18-16(2)8-6-13-19(18,3)4/h5,7-12,14,18H,6,13H2,1-4H3/b7-5+,11-10+,15-12+,17-9+. The van der Waals surface area contributed by atoms with Crippen molar-refractivity contribution >= 4 is 6.29 Å². The van der Waals surface area contributed by atoms with E-state index in [0.717, 1.165) is 24.7 Å². The van der Waals surface area contributed by atoms with Gasteiger partial charge in [-0.15, -0.1) is 0 Å². The highest BCUT2D eigenvalue weighted by atomic mass is 19.1. The number of rotatable bonds is 5. The summed E-state index contributed by atoms with van der Waals surface area (Å²) in [6.07, 6.45) is 14.9. The lowest BCUT2D eigenvalue weighted by Crippen LogP contribution is -2.26. The molecule has 1 rings (SSSR count). The Balaban J connectivity index is 2.75. The number of aldehydes is 1. The SMILES string of the molecule is CC1=CCCC(C)(C)C1/C=C/C(F)=C\C=C\C(C)=C\C=O. The van der Waals surface area contributed by atoms with E-state index in [1.165, 1.54) is 23.8 Å². The number of halogens is 1. The highest BCUT2D eigenvalue weighted by molar-refractivity contribution is 5.66. The first-order valence-electron chi connectivity index (χ1n) is 7.37. The van der Waals surface area contributed by atoms with Gasteiger partial charge < -0.3 is 0 Å². The zero-order chi connectivity index (χ0) is 15.9. The number of carbonyl (C=O) groups excluding carboxylic acids is 1. The van der Waals surface area contributed by atoms with Gasteiger partial charge in [-0.2, -0.15) is 0 Å². The molecule has 0 radical (unpaired) electrons. The van der Waals surface area contributed by atoms with Gasteiger partial charge in [0.15, 0.2) is 0 Å². The largest absolute Gasteiger partial charge is 0.299 e. The van der Waals surface area contributed by atoms with E-state index >= 15 is 0 Å². The van der Waals surface area contributed by atoms with Crippen LogP contribution in [0.1, 0.15) is 40.5 Å². The maximum atomic E-state index is 13.8. The first-order chi connectivity index (χ1) is 9.86. The van der Waals surface area contributed by atoms with E-state index in [9.17, 15) is 9.18 Å². The quantitative estimate of drug-likeness (QED) is 0.283. The summed E-state index contributed by atoms with van der Waals surface area (Å²) in [5, 5.41) is 0. The summed E-state index contributed by atoms with van der Waals surface area (Å²) in [5.41, 5.74) is 2.29. The number of hydrogen-bond donors (Lipinski definition) is 0. The molecule has 1 unspecified atom stereocenters. The first-order valence-corrected chi connectivity index (χ1v) is 7.37. The fraction of sp³-hybridized carbons (Fsp3) is 0.421. The Hall–Kier alpha value is -1.70. The van der Waals surface area contributed by atoms with Crippen LogP contribution in [0.15, 0.2) is 59.5 Å². The molecule has 1 aliphatic rings. The highest BCUT2D eigenvalue weighted by Gasteiger charge is 2.30. The van der Waals surface area contributed by atoms with Crippen LogP contribution in [0.25, 0.3) is 0 Å². The summed E-state index contributed by atoms with van der Waals surface area (Å²) in [4.78, 5) is 10.3. The molecule has 2 heteroatoms. The Kier molecular flexibility index (Phi) is 6.54. The molecule has 0 spiro atoms. The van der Waals surface area contributed by atoms with Gasteiger partial charge in [0.05, 0.1) is 0 Å². The van der Waals surface area contributed by atoms with E-state index < -0.39 is 0 Å². The lowest BCUT2D eigenvalue weighted by atomic mass is 9.68. The van der Waals surface area contributed by atoms with Gasteiger partial charge in [0.25, 0.3) is 0 Å². The minimum Gasteiger partial charge on any atom is -0.299 e. The molecule has 21 heavy (non-hydrogen) atoms. The number of carbonyl (C=O) groups is 1. The van der Waals surface area contributed by atoms with Crippen LogP contribution in [-0.4, -0.2) is 6.29 Å². The van der Waals surface area contributed by atoms with Gasteiger partial charge in [0.1, 0.15) is 12.1 Å². The average molecular weight is 288 g/mol. The van der Waals surface area contributed by atoms with E-state index in [0.29, 0.717) is 0 Å². The van der Waals surface area contributed by atoms with E-state index in [1.807, 2.05) is 6.08 Å². The second kappa shape index (κ2) is 7.92. The number of allylic oxidation sites excluding steroid dienone is 10. The predicted molar refractivity (Wildman–Crippen MR) is 87.6 cm³/mol. The molecule has 0 heterocycles. The predicted octanol–water partition coefficient (Wildman–Crippen LogP) is 5.48. The third kappa shape index (κ3) is 5.66. The van der Waals surface area contributed by atoms with Crippen molar-refractivity contribution in [1.82, 2.24) is 0 Å². The summed E-state index contributed by atoms with van der Waals surface area (Å²) in [6, 6.07) is 0. The summed E-state index contributed by atoms with van der Waals surface area (Å²) in [7, 11) is 0. The normalized spacial score (nSPS) is 23.7. The lowest BCUT2D eigenvalue weighted by Gasteiger charge is -2.36. The zero-order valence-electron chi connectivity index (χ0n) is 13.4. The van der Waals surface area contributed by atoms with Crippen molar-refractivity contribution in [3.63, 3.8) is 0 Å². The van der Waals surface area contributed by atoms with Gasteiger partial charge in [0, 0.05) is 5.92 Å². The van der Waals surface area contributed by atoms with Crippen molar-refractivity contribution in [2.75, 3.05) is 0 Å². The Morgan fingerprint density at radius 3 is 2.67 bits per heavy atom. The van der Waals surface area contributed by atoms with Crippen LogP contribution in [0.2, 0.25) is 0 Å². The second-order valence-electron chi connectivity index (χ2n) is 6.27. The fourth-order valence-corrected chi connectivity index (χ4v) is 2.68. The first kappa shape index (κ1) is 17.4. The van der Waals surface area contributed by atoms with Crippen LogP contribution in [0.5, 0.6) is 0 Å². The summed E-state index contributed by atoms with van der Waals surface area (Å²) in [6.45, 7) is 8.37. The van der Waals surface area contributed by atoms with Gasteiger partial charge in [-0.3, -0.25) is 4.79 Å². The van der Waals surface area contributed by atoms with E-state index in [1.54, 1.807) is 19.1 Å². The van der Waals surface area contributed by atoms with Gasteiger partial charge >= 0.3 is 0 Å². The lowest BCUT2D eigenvalue weighted by molar-refractivity contribution is -0.104. The molecule has 114 valence electrons. The van der Waals surface area contributed by atoms with Crippen molar-refractivity contribution in [3.8, 4) is 0 Å². The molecule has 0 aromatic rings. The Labute approximate surface area is 127 Å². The Morgan fingerprint density at radius 2 is 2.05 bits per heavy atom. The van der Waals surface area contributed by atoms with Crippen molar-refractivity contribution in [2.24, 2.45) is 11.3 Å². The van der Waals surface area contributed by atoms with Crippen molar-refractivity contribution in [2.45, 2.75) is 40.5 Å². The average Bonchev–Trinajstić information content (AvgIpc) is 2.37. The van der Waals surface area contributed by atoms with Crippen molar-refractivity contribution in [1.29, 1.82) is 0 Å². The minimum atomic E-state index is -0.278. The third-order valence-electron chi connectivity index (χ3n) is 3.98. The molecular formula is C19H25FO. The van der Waals surface area contributed by atoms with E-state index in [4.69, 9.17) is 0 Å². The van der Waals surface area contributed by atoms with E-state index in [2.05, 4.69) is 26.8 Å². The molecule has 0 amide bonds. The molecule has 0 saturated carbocycles. The molecule has 0 saturated heterocycles. The molecule has 0 N–H and O–H groups in total. The fourth-order valence-electron chi connectivity index (χ4n) is 2.68. The van der Waals surface area contributed by atoms with Crippen LogP contribution < -0.4 is 0 Å². The van der Waals surface area contributed by atoms with Crippen molar-refractivity contribution < 1.29 is 9.18 Å². The molecular weight excluding hydrogens is 263 g/mol. The van der Waals surface area contributed by atoms with Gasteiger partial charge in [0.2, 0.25) is 0 Å². The molecule has 1 aliphatic carbocycles. The Bertz CT molecular complexity index is 516. The van der Waals surface area contributed by atoms with Gasteiger partial charge in [-0.25, -0.2) is 4.39 Å². The third-order valence-corrected chi connectivity index (χ3v) is 3.98. The summed E-state index contributed by atoms with van der Waals surface area (Å²) >= 11 is 0. The van der Waals surface area contributed by atoms with Crippen molar-refractivity contribution in [3.05, 3.63) is 59.5 Å². The molecule has 0 aliphatic heterocycles. The maximum absolute atomic E-state index is 13.8. The van der Waals surface area contributed by atoms with Gasteiger partial charge in [-0.05, 0) is 55.9 Å². The highest BCUT2D eigenvalue weighted by Crippen LogP contribution is 2.41. The van der Waals surface area contributed by atoms with Crippen LogP contribution in [-0.2, 0) is 4.79 Å². The topological polar surface area (TPSA) is 17.1 Å². The van der Waals surface area contributed by atoms with Crippen LogP contribution in [0.3, 0.4) is 0 Å². The molecule has 0 aromatic heterocycles. The van der Waals surface area contributed by atoms with E-state index in [-0.39, 0.29) is 17.2 Å². The second-order valence-corrected chi connectivity index (χ2v) is 6.27. The molecule has 1 atom stereocenters. The van der Waals surface area contributed by atoms with Crippen LogP contribution in [0.4, 0.5) is 4.39 Å². The zero-order valence-corrected chi connectivity index (χ0v) is 13.4. The van der Waals surface area contributed by atoms with Crippen LogP contribution in [0, 0.1) is 11.3 Å². The summed E-state index contributed by atoms with van der Waals surface area (Å²) in [5.74, 6) is 0.00500. The molecule has 0 aromatic carbocycles. The molecule has 0 bridgehead atoms. The Morgan fingerprint density at radius 1 is 1.33 bits per heavy atom. The molecule has 1 nitrogen and oxygen atoms in total. The van der Waals surface area contributed by atoms with Gasteiger partial charge in [-0.1, -0.05) is 43.7 Å². The smallest absolute Gasteiger partial charge is 0.143 e. The number of hydrogen-bond acceptors (Lipinski definition) is 1. The summed E-state index contributed by atoms with van der Waals surface area (Å²) < 4.78 is 13.8. The minimum absolute atomic E-state index is 0.175. The van der Waals surface area contributed by atoms with Crippen LogP contribution >= 0.6 is 0 Å². The maximum Gasteiger partial charge on any atom is 0.143 e. The monoisotopic (exact) mass is 288 g/mol. The molecule has 0 fully saturated rings.